The van der Waals surface area contributed by atoms with Gasteiger partial charge in [0.2, 0.25) is 0 Å². The average Bonchev–Trinajstić information content (AvgIpc) is 2.14. The van der Waals surface area contributed by atoms with Crippen LogP contribution in [0.15, 0.2) is 12.1 Å². The standard InChI is InChI=1S/C10H15NO4/c1-2-6(13)10(11)9-7(14)3-5(12)4-8(9)15/h3-4,6,10,12-15H,2,11H2,1H3/t6-,10-/m0/s1. The van der Waals surface area contributed by atoms with Crippen molar-refractivity contribution >= 4 is 0 Å². The molecule has 84 valence electrons. The lowest BCUT2D eigenvalue weighted by molar-refractivity contribution is 0.138. The number of phenols is 3. The fourth-order valence-electron chi connectivity index (χ4n) is 1.40. The molecule has 0 aliphatic rings. The Morgan fingerprint density at radius 1 is 1.20 bits per heavy atom. The van der Waals surface area contributed by atoms with E-state index in [9.17, 15) is 15.3 Å². The van der Waals surface area contributed by atoms with Crippen LogP contribution in [0.1, 0.15) is 24.9 Å². The molecule has 6 N–H and O–H groups in total. The van der Waals surface area contributed by atoms with Crippen molar-refractivity contribution in [1.29, 1.82) is 0 Å². The van der Waals surface area contributed by atoms with Crippen LogP contribution in [0, 0.1) is 0 Å². The summed E-state index contributed by atoms with van der Waals surface area (Å²) in [5, 5.41) is 37.5. The van der Waals surface area contributed by atoms with Crippen LogP contribution in [0.25, 0.3) is 0 Å². The fourth-order valence-corrected chi connectivity index (χ4v) is 1.40. The van der Waals surface area contributed by atoms with Gasteiger partial charge in [0.1, 0.15) is 17.2 Å². The van der Waals surface area contributed by atoms with Crippen LogP contribution in [0.2, 0.25) is 0 Å². The van der Waals surface area contributed by atoms with Gasteiger partial charge in [0, 0.05) is 12.1 Å². The van der Waals surface area contributed by atoms with Gasteiger partial charge in [-0.05, 0) is 6.42 Å². The van der Waals surface area contributed by atoms with Gasteiger partial charge >= 0.3 is 0 Å². The smallest absolute Gasteiger partial charge is 0.127 e. The summed E-state index contributed by atoms with van der Waals surface area (Å²) in [5.41, 5.74) is 5.69. The molecule has 0 aliphatic carbocycles. The van der Waals surface area contributed by atoms with Crippen molar-refractivity contribution in [3.8, 4) is 17.2 Å². The van der Waals surface area contributed by atoms with Crippen LogP contribution in [-0.2, 0) is 0 Å². The van der Waals surface area contributed by atoms with Crippen LogP contribution in [0.5, 0.6) is 17.2 Å². The number of rotatable bonds is 3. The minimum absolute atomic E-state index is 0.0437. The van der Waals surface area contributed by atoms with E-state index in [0.29, 0.717) is 6.42 Å². The van der Waals surface area contributed by atoms with Crippen molar-refractivity contribution in [3.63, 3.8) is 0 Å². The maximum atomic E-state index is 9.49. The van der Waals surface area contributed by atoms with Crippen molar-refractivity contribution < 1.29 is 20.4 Å². The molecule has 1 aromatic carbocycles. The lowest BCUT2D eigenvalue weighted by Crippen LogP contribution is -2.25. The molecule has 5 heteroatoms. The summed E-state index contributed by atoms with van der Waals surface area (Å²) in [6, 6.07) is 1.25. The highest BCUT2D eigenvalue weighted by Gasteiger charge is 2.22. The Balaban J connectivity index is 3.13. The third-order valence-electron chi connectivity index (χ3n) is 2.29. The van der Waals surface area contributed by atoms with E-state index in [1.54, 1.807) is 6.92 Å². The molecule has 0 aromatic heterocycles. The Morgan fingerprint density at radius 3 is 2.07 bits per heavy atom. The van der Waals surface area contributed by atoms with Crippen LogP contribution < -0.4 is 5.73 Å². The zero-order chi connectivity index (χ0) is 11.6. The zero-order valence-corrected chi connectivity index (χ0v) is 8.38. The molecule has 5 nitrogen and oxygen atoms in total. The second kappa shape index (κ2) is 4.37. The van der Waals surface area contributed by atoms with Crippen LogP contribution in [-0.4, -0.2) is 26.5 Å². The van der Waals surface area contributed by atoms with Gasteiger partial charge in [-0.25, -0.2) is 0 Å². The predicted octanol–water partition coefficient (Wildman–Crippen LogP) is 0.574. The van der Waals surface area contributed by atoms with Crippen molar-refractivity contribution in [1.82, 2.24) is 0 Å². The van der Waals surface area contributed by atoms with Crippen molar-refractivity contribution in [2.75, 3.05) is 0 Å². The third-order valence-corrected chi connectivity index (χ3v) is 2.29. The van der Waals surface area contributed by atoms with Gasteiger partial charge in [0.25, 0.3) is 0 Å². The second-order valence-corrected chi connectivity index (χ2v) is 3.40. The Labute approximate surface area is 87.4 Å². The van der Waals surface area contributed by atoms with Gasteiger partial charge in [-0.15, -0.1) is 0 Å². The summed E-state index contributed by atoms with van der Waals surface area (Å²) in [6.07, 6.45) is -0.452. The molecular weight excluding hydrogens is 198 g/mol. The first-order valence-corrected chi connectivity index (χ1v) is 4.65. The third kappa shape index (κ3) is 2.31. The molecule has 2 atom stereocenters. The number of hydrogen-bond acceptors (Lipinski definition) is 5. The largest absolute Gasteiger partial charge is 0.508 e. The van der Waals surface area contributed by atoms with Gasteiger partial charge in [-0.3, -0.25) is 0 Å². The minimum Gasteiger partial charge on any atom is -0.508 e. The number of aromatic hydroxyl groups is 3. The van der Waals surface area contributed by atoms with Crippen LogP contribution in [0.3, 0.4) is 0 Å². The highest BCUT2D eigenvalue weighted by molar-refractivity contribution is 5.50. The summed E-state index contributed by atoms with van der Waals surface area (Å²) < 4.78 is 0. The first kappa shape index (κ1) is 11.6. The molecule has 0 heterocycles. The van der Waals surface area contributed by atoms with Crippen molar-refractivity contribution in [3.05, 3.63) is 17.7 Å². The van der Waals surface area contributed by atoms with Crippen LogP contribution >= 0.6 is 0 Å². The number of benzene rings is 1. The molecule has 0 amide bonds. The van der Waals surface area contributed by atoms with Crippen molar-refractivity contribution in [2.45, 2.75) is 25.5 Å². The molecule has 0 saturated heterocycles. The van der Waals surface area contributed by atoms with Crippen molar-refractivity contribution in [2.24, 2.45) is 5.73 Å². The number of phenolic OH excluding ortho intramolecular Hbond substituents is 3. The predicted molar refractivity (Wildman–Crippen MR) is 54.7 cm³/mol. The fraction of sp³-hybridized carbons (Fsp3) is 0.400. The minimum atomic E-state index is -0.879. The monoisotopic (exact) mass is 213 g/mol. The van der Waals surface area contributed by atoms with Crippen LogP contribution in [0.4, 0.5) is 0 Å². The van der Waals surface area contributed by atoms with E-state index in [-0.39, 0.29) is 22.8 Å². The summed E-state index contributed by atoms with van der Waals surface area (Å²) in [7, 11) is 0. The first-order valence-electron chi connectivity index (χ1n) is 4.65. The molecule has 1 rings (SSSR count). The SMILES string of the molecule is CC[C@H](O)[C@H](N)c1c(O)cc(O)cc1O. The maximum Gasteiger partial charge on any atom is 0.127 e. The molecule has 0 saturated carbocycles. The van der Waals surface area contributed by atoms with E-state index < -0.39 is 12.1 Å². The van der Waals surface area contributed by atoms with E-state index in [2.05, 4.69) is 0 Å². The van der Waals surface area contributed by atoms with Gasteiger partial charge in [0.15, 0.2) is 0 Å². The van der Waals surface area contributed by atoms with Gasteiger partial charge in [-0.1, -0.05) is 6.92 Å². The van der Waals surface area contributed by atoms with E-state index >= 15 is 0 Å². The first-order chi connectivity index (χ1) is 6.97. The number of aliphatic hydroxyl groups is 1. The highest BCUT2D eigenvalue weighted by Crippen LogP contribution is 2.37. The summed E-state index contributed by atoms with van der Waals surface area (Å²) >= 11 is 0. The van der Waals surface area contributed by atoms with E-state index in [4.69, 9.17) is 10.8 Å². The normalized spacial score (nSPS) is 14.9. The molecule has 0 aliphatic heterocycles. The van der Waals surface area contributed by atoms with Gasteiger partial charge in [-0.2, -0.15) is 0 Å². The molecule has 0 unspecified atom stereocenters. The Bertz CT molecular complexity index is 330. The number of aliphatic hydroxyl groups excluding tert-OH is 1. The van der Waals surface area contributed by atoms with E-state index in [1.807, 2.05) is 0 Å². The Morgan fingerprint density at radius 2 is 1.67 bits per heavy atom. The lowest BCUT2D eigenvalue weighted by Gasteiger charge is -2.19. The maximum absolute atomic E-state index is 9.49. The zero-order valence-electron chi connectivity index (χ0n) is 8.38. The Kier molecular flexibility index (Phi) is 3.39. The number of hydrogen-bond donors (Lipinski definition) is 5. The highest BCUT2D eigenvalue weighted by atomic mass is 16.3. The van der Waals surface area contributed by atoms with E-state index in [1.165, 1.54) is 0 Å². The lowest BCUT2D eigenvalue weighted by atomic mass is 9.98. The molecule has 0 radical (unpaired) electrons. The van der Waals surface area contributed by atoms with E-state index in [0.717, 1.165) is 12.1 Å². The molecule has 1 aromatic rings. The quantitative estimate of drug-likeness (QED) is 0.504. The summed E-state index contributed by atoms with van der Waals surface area (Å²) in [6.45, 7) is 1.74. The molecule has 15 heavy (non-hydrogen) atoms. The summed E-state index contributed by atoms with van der Waals surface area (Å²) in [5.74, 6) is -0.910. The molecular formula is C10H15NO4. The second-order valence-electron chi connectivity index (χ2n) is 3.40. The number of nitrogens with two attached hydrogens (primary N) is 1. The van der Waals surface area contributed by atoms with Gasteiger partial charge in [0.05, 0.1) is 17.7 Å². The van der Waals surface area contributed by atoms with Gasteiger partial charge < -0.3 is 26.2 Å². The Hall–Kier alpha value is -1.46. The molecule has 0 spiro atoms. The average molecular weight is 213 g/mol. The molecule has 0 fully saturated rings. The topological polar surface area (TPSA) is 107 Å². The molecule has 0 bridgehead atoms. The summed E-state index contributed by atoms with van der Waals surface area (Å²) in [4.78, 5) is 0.